The van der Waals surface area contributed by atoms with E-state index in [9.17, 15) is 19.1 Å². The largest absolute Gasteiger partial charge is 0.480 e. The third-order valence-corrected chi connectivity index (χ3v) is 6.31. The molecule has 3 aromatic rings. The van der Waals surface area contributed by atoms with Crippen LogP contribution in [0.5, 0.6) is 0 Å². The number of rotatable bonds is 4. The molecule has 0 saturated carbocycles. The Morgan fingerprint density at radius 2 is 1.48 bits per heavy atom. The zero-order valence-electron chi connectivity index (χ0n) is 16.6. The van der Waals surface area contributed by atoms with Crippen LogP contribution in [0, 0.1) is 5.82 Å². The van der Waals surface area contributed by atoms with E-state index in [-0.39, 0.29) is 31.2 Å². The number of aliphatic carboxylic acids is 1. The highest BCUT2D eigenvalue weighted by Gasteiger charge is 2.54. The lowest BCUT2D eigenvalue weighted by Gasteiger charge is -2.46. The lowest BCUT2D eigenvalue weighted by atomic mass is 9.73. The molecule has 1 aliphatic carbocycles. The van der Waals surface area contributed by atoms with Crippen LogP contribution in [0.1, 0.15) is 22.6 Å². The molecule has 6 heteroatoms. The summed E-state index contributed by atoms with van der Waals surface area (Å²) >= 11 is 0. The van der Waals surface area contributed by atoms with Gasteiger partial charge in [0.1, 0.15) is 17.8 Å². The minimum absolute atomic E-state index is 0.0755. The number of hydrogen-bond donors (Lipinski definition) is 1. The molecular formula is C25H20FNO4. The molecule has 1 fully saturated rings. The molecule has 1 aliphatic heterocycles. The molecule has 0 atom stereocenters. The van der Waals surface area contributed by atoms with E-state index >= 15 is 0 Å². The maximum Gasteiger partial charge on any atom is 0.409 e. The highest BCUT2D eigenvalue weighted by atomic mass is 19.1. The van der Waals surface area contributed by atoms with Crippen LogP contribution < -0.4 is 0 Å². The number of amides is 1. The zero-order chi connectivity index (χ0) is 21.6. The standard InChI is InChI=1S/C25H20FNO4/c26-22-12-6-5-11-21(22)25(23(28)29)14-27(15-25)24(30)31-13-20-18-9-3-1-7-16(18)17-8-2-4-10-19(17)20/h1-12,20H,13-15H2,(H,28,29). The molecule has 1 saturated heterocycles. The van der Waals surface area contributed by atoms with Crippen LogP contribution in [0.4, 0.5) is 9.18 Å². The SMILES string of the molecule is O=C(OCC1c2ccccc2-c2ccccc21)N1CC(C(=O)O)(c2ccccc2F)C1. The molecule has 0 radical (unpaired) electrons. The van der Waals surface area contributed by atoms with Crippen LogP contribution in [0.2, 0.25) is 0 Å². The second-order valence-electron chi connectivity index (χ2n) is 8.03. The highest BCUT2D eigenvalue weighted by Crippen LogP contribution is 2.45. The summed E-state index contributed by atoms with van der Waals surface area (Å²) in [6.45, 7) is -0.0942. The quantitative estimate of drug-likeness (QED) is 0.683. The van der Waals surface area contributed by atoms with Crippen LogP contribution >= 0.6 is 0 Å². The van der Waals surface area contributed by atoms with Crippen molar-refractivity contribution in [2.24, 2.45) is 0 Å². The van der Waals surface area contributed by atoms with E-state index in [1.165, 1.54) is 23.1 Å². The molecule has 5 nitrogen and oxygen atoms in total. The van der Waals surface area contributed by atoms with Gasteiger partial charge in [-0.2, -0.15) is 0 Å². The van der Waals surface area contributed by atoms with Gasteiger partial charge >= 0.3 is 12.1 Å². The maximum absolute atomic E-state index is 14.2. The third kappa shape index (κ3) is 2.98. The van der Waals surface area contributed by atoms with Gasteiger partial charge in [0.25, 0.3) is 0 Å². The molecule has 2 aliphatic rings. The van der Waals surface area contributed by atoms with Crippen molar-refractivity contribution in [1.82, 2.24) is 4.90 Å². The molecule has 0 unspecified atom stereocenters. The Morgan fingerprint density at radius 3 is 2.06 bits per heavy atom. The number of benzene rings is 3. The molecule has 1 N–H and O–H groups in total. The summed E-state index contributed by atoms with van der Waals surface area (Å²) < 4.78 is 19.8. The Balaban J connectivity index is 1.31. The fraction of sp³-hybridized carbons (Fsp3) is 0.200. The Labute approximate surface area is 178 Å². The molecule has 0 aromatic heterocycles. The number of halogens is 1. The predicted octanol–water partition coefficient (Wildman–Crippen LogP) is 4.41. The lowest BCUT2D eigenvalue weighted by Crippen LogP contribution is -2.65. The van der Waals surface area contributed by atoms with Crippen LogP contribution in [0.15, 0.2) is 72.8 Å². The van der Waals surface area contributed by atoms with E-state index in [1.54, 1.807) is 6.07 Å². The molecule has 5 rings (SSSR count). The fourth-order valence-electron chi connectivity index (χ4n) is 4.69. The fourth-order valence-corrected chi connectivity index (χ4v) is 4.69. The van der Waals surface area contributed by atoms with Crippen molar-refractivity contribution in [2.45, 2.75) is 11.3 Å². The van der Waals surface area contributed by atoms with Gasteiger partial charge in [0.2, 0.25) is 0 Å². The molecule has 0 bridgehead atoms. The van der Waals surface area contributed by atoms with Crippen molar-refractivity contribution in [1.29, 1.82) is 0 Å². The van der Waals surface area contributed by atoms with Gasteiger partial charge in [-0.05, 0) is 28.3 Å². The number of carboxylic acids is 1. The van der Waals surface area contributed by atoms with Gasteiger partial charge in [-0.15, -0.1) is 0 Å². The first-order valence-corrected chi connectivity index (χ1v) is 10.1. The molecule has 0 spiro atoms. The van der Waals surface area contributed by atoms with Crippen LogP contribution in [0.3, 0.4) is 0 Å². The average Bonchev–Trinajstić information content (AvgIpc) is 3.06. The van der Waals surface area contributed by atoms with Gasteiger partial charge < -0.3 is 14.7 Å². The monoisotopic (exact) mass is 417 g/mol. The van der Waals surface area contributed by atoms with Crippen molar-refractivity contribution in [2.75, 3.05) is 19.7 Å². The number of ether oxygens (including phenoxy) is 1. The molecular weight excluding hydrogens is 397 g/mol. The number of nitrogens with zero attached hydrogens (tertiary/aromatic N) is 1. The Hall–Kier alpha value is -3.67. The molecule has 1 amide bonds. The van der Waals surface area contributed by atoms with Gasteiger partial charge in [0.15, 0.2) is 0 Å². The summed E-state index contributed by atoms with van der Waals surface area (Å²) in [4.78, 5) is 25.9. The normalized spacial score (nSPS) is 16.2. The summed E-state index contributed by atoms with van der Waals surface area (Å²) in [6, 6.07) is 21.9. The van der Waals surface area contributed by atoms with Crippen LogP contribution in [0.25, 0.3) is 11.1 Å². The number of carbonyl (C=O) groups excluding carboxylic acids is 1. The van der Waals surface area contributed by atoms with E-state index in [0.29, 0.717) is 0 Å². The van der Waals surface area contributed by atoms with E-state index < -0.39 is 23.3 Å². The van der Waals surface area contributed by atoms with Crippen molar-refractivity contribution >= 4 is 12.1 Å². The minimum Gasteiger partial charge on any atom is -0.480 e. The first-order valence-electron chi connectivity index (χ1n) is 10.1. The molecule has 1 heterocycles. The smallest absolute Gasteiger partial charge is 0.409 e. The second-order valence-corrected chi connectivity index (χ2v) is 8.03. The number of carboxylic acid groups (broad SMARTS) is 1. The van der Waals surface area contributed by atoms with Crippen molar-refractivity contribution < 1.29 is 23.8 Å². The third-order valence-electron chi connectivity index (χ3n) is 6.31. The van der Waals surface area contributed by atoms with E-state index in [0.717, 1.165) is 22.3 Å². The lowest BCUT2D eigenvalue weighted by molar-refractivity contribution is -0.150. The zero-order valence-corrected chi connectivity index (χ0v) is 16.6. The predicted molar refractivity (Wildman–Crippen MR) is 112 cm³/mol. The highest BCUT2D eigenvalue weighted by molar-refractivity contribution is 5.86. The summed E-state index contributed by atoms with van der Waals surface area (Å²) in [5.74, 6) is -1.81. The van der Waals surface area contributed by atoms with Crippen LogP contribution in [-0.2, 0) is 14.9 Å². The van der Waals surface area contributed by atoms with E-state index in [4.69, 9.17) is 4.74 Å². The number of fused-ring (bicyclic) bond motifs is 3. The minimum atomic E-state index is -1.45. The van der Waals surface area contributed by atoms with E-state index in [2.05, 4.69) is 12.1 Å². The van der Waals surface area contributed by atoms with Crippen molar-refractivity contribution in [3.63, 3.8) is 0 Å². The Kier molecular flexibility index (Phi) is 4.50. The second kappa shape index (κ2) is 7.23. The van der Waals surface area contributed by atoms with Crippen molar-refractivity contribution in [3.8, 4) is 11.1 Å². The molecule has 31 heavy (non-hydrogen) atoms. The van der Waals surface area contributed by atoms with Gasteiger partial charge in [0, 0.05) is 24.6 Å². The summed E-state index contributed by atoms with van der Waals surface area (Å²) in [6.07, 6.45) is -0.588. The summed E-state index contributed by atoms with van der Waals surface area (Å²) in [5.41, 5.74) is 3.11. The van der Waals surface area contributed by atoms with Gasteiger partial charge in [-0.3, -0.25) is 4.79 Å². The first kappa shape index (κ1) is 19.3. The summed E-state index contributed by atoms with van der Waals surface area (Å²) in [5, 5.41) is 9.74. The van der Waals surface area contributed by atoms with Crippen molar-refractivity contribution in [3.05, 3.63) is 95.3 Å². The van der Waals surface area contributed by atoms with Gasteiger partial charge in [0.05, 0.1) is 0 Å². The average molecular weight is 417 g/mol. The van der Waals surface area contributed by atoms with Gasteiger partial charge in [-0.1, -0.05) is 66.7 Å². The first-order chi connectivity index (χ1) is 15.0. The number of carbonyl (C=O) groups is 2. The number of likely N-dealkylation sites (tertiary alicyclic amines) is 1. The number of hydrogen-bond acceptors (Lipinski definition) is 3. The Bertz CT molecular complexity index is 1140. The summed E-state index contributed by atoms with van der Waals surface area (Å²) in [7, 11) is 0. The molecule has 156 valence electrons. The maximum atomic E-state index is 14.2. The topological polar surface area (TPSA) is 66.8 Å². The van der Waals surface area contributed by atoms with Crippen LogP contribution in [-0.4, -0.2) is 41.8 Å². The Morgan fingerprint density at radius 1 is 0.935 bits per heavy atom. The van der Waals surface area contributed by atoms with E-state index in [1.807, 2.05) is 36.4 Å². The molecule has 3 aromatic carbocycles. The van der Waals surface area contributed by atoms with Gasteiger partial charge in [-0.25, -0.2) is 9.18 Å².